The number of halogens is 2. The Labute approximate surface area is 141 Å². The predicted molar refractivity (Wildman–Crippen MR) is 88.1 cm³/mol. The van der Waals surface area contributed by atoms with E-state index in [0.29, 0.717) is 17.5 Å². The zero-order valence-corrected chi connectivity index (χ0v) is 13.9. The van der Waals surface area contributed by atoms with Gasteiger partial charge in [0.2, 0.25) is 0 Å². The first-order chi connectivity index (χ1) is 11.1. The fourth-order valence-corrected chi connectivity index (χ4v) is 4.19. The molecule has 1 saturated carbocycles. The Morgan fingerprint density at radius 2 is 2.00 bits per heavy atom. The van der Waals surface area contributed by atoms with Gasteiger partial charge in [0.05, 0.1) is 5.02 Å². The van der Waals surface area contributed by atoms with Gasteiger partial charge in [0.25, 0.3) is 5.91 Å². The van der Waals surface area contributed by atoms with Gasteiger partial charge in [0, 0.05) is 37.8 Å². The molecule has 4 aliphatic rings. The first kappa shape index (κ1) is 15.4. The monoisotopic (exact) mass is 336 g/mol. The van der Waals surface area contributed by atoms with Crippen LogP contribution in [-0.2, 0) is 0 Å². The standard InChI is InChI=1S/C18H22ClFN2O/c19-16-7-14(4-6-17(16)20)18(23)22-10-13-3-5-15(11-22)21(9-13)8-12-1-2-12/h4,6-7,12-13,15H,1-3,5,8-11H2/t13-,15-/m1/s1. The van der Waals surface area contributed by atoms with Crippen molar-refractivity contribution >= 4 is 17.5 Å². The van der Waals surface area contributed by atoms with Crippen LogP contribution in [0.4, 0.5) is 4.39 Å². The molecule has 1 aromatic carbocycles. The van der Waals surface area contributed by atoms with Crippen LogP contribution >= 0.6 is 11.6 Å². The molecule has 1 amide bonds. The second kappa shape index (κ2) is 6.06. The molecule has 5 heteroatoms. The Hall–Kier alpha value is -1.13. The molecule has 1 aliphatic carbocycles. The van der Waals surface area contributed by atoms with Crippen LogP contribution in [0, 0.1) is 17.7 Å². The molecule has 0 radical (unpaired) electrons. The van der Waals surface area contributed by atoms with Crippen molar-refractivity contribution in [3.8, 4) is 0 Å². The highest BCUT2D eigenvalue weighted by atomic mass is 35.5. The lowest BCUT2D eigenvalue weighted by Gasteiger charge is -2.36. The van der Waals surface area contributed by atoms with Crippen LogP contribution in [0.25, 0.3) is 0 Å². The smallest absolute Gasteiger partial charge is 0.253 e. The van der Waals surface area contributed by atoms with E-state index in [1.54, 1.807) is 0 Å². The van der Waals surface area contributed by atoms with E-state index in [1.807, 2.05) is 4.90 Å². The van der Waals surface area contributed by atoms with Gasteiger partial charge in [0.15, 0.2) is 0 Å². The topological polar surface area (TPSA) is 23.6 Å². The molecule has 23 heavy (non-hydrogen) atoms. The maximum atomic E-state index is 13.3. The molecular weight excluding hydrogens is 315 g/mol. The second-order valence-corrected chi connectivity index (χ2v) is 7.74. The largest absolute Gasteiger partial charge is 0.337 e. The average Bonchev–Trinajstić information content (AvgIpc) is 3.37. The number of benzene rings is 1. The van der Waals surface area contributed by atoms with Crippen molar-refractivity contribution in [3.63, 3.8) is 0 Å². The molecule has 2 atom stereocenters. The Bertz CT molecular complexity index is 619. The zero-order valence-electron chi connectivity index (χ0n) is 13.2. The van der Waals surface area contributed by atoms with E-state index >= 15 is 0 Å². The lowest BCUT2D eigenvalue weighted by atomic mass is 9.95. The summed E-state index contributed by atoms with van der Waals surface area (Å²) in [4.78, 5) is 17.4. The van der Waals surface area contributed by atoms with E-state index < -0.39 is 5.82 Å². The summed E-state index contributed by atoms with van der Waals surface area (Å²) in [7, 11) is 0. The summed E-state index contributed by atoms with van der Waals surface area (Å²) in [5, 5.41) is 0.0176. The van der Waals surface area contributed by atoms with Gasteiger partial charge in [-0.3, -0.25) is 9.69 Å². The third-order valence-electron chi connectivity index (χ3n) is 5.47. The van der Waals surface area contributed by atoms with Gasteiger partial charge in [-0.25, -0.2) is 4.39 Å². The van der Waals surface area contributed by atoms with E-state index in [0.717, 1.165) is 25.6 Å². The first-order valence-corrected chi connectivity index (χ1v) is 8.96. The maximum absolute atomic E-state index is 13.3. The van der Waals surface area contributed by atoms with Crippen LogP contribution in [-0.4, -0.2) is 47.9 Å². The number of rotatable bonds is 3. The number of nitrogens with zero attached hydrogens (tertiary/aromatic N) is 2. The quantitative estimate of drug-likeness (QED) is 0.844. The van der Waals surface area contributed by atoms with E-state index in [2.05, 4.69) is 4.90 Å². The molecule has 4 fully saturated rings. The lowest BCUT2D eigenvalue weighted by molar-refractivity contribution is 0.0736. The van der Waals surface area contributed by atoms with Crippen LogP contribution in [0.5, 0.6) is 0 Å². The minimum atomic E-state index is -0.477. The highest BCUT2D eigenvalue weighted by molar-refractivity contribution is 6.31. The molecule has 124 valence electrons. The number of carbonyl (C=O) groups is 1. The van der Waals surface area contributed by atoms with E-state index in [-0.39, 0.29) is 10.9 Å². The van der Waals surface area contributed by atoms with Gasteiger partial charge in [-0.1, -0.05) is 11.6 Å². The van der Waals surface area contributed by atoms with Gasteiger partial charge in [0.1, 0.15) is 5.82 Å². The highest BCUT2D eigenvalue weighted by Gasteiger charge is 2.38. The summed E-state index contributed by atoms with van der Waals surface area (Å²) in [6.07, 6.45) is 5.13. The highest BCUT2D eigenvalue weighted by Crippen LogP contribution is 2.35. The predicted octanol–water partition coefficient (Wildman–Crippen LogP) is 3.43. The number of carbonyl (C=O) groups excluding carboxylic acids is 1. The van der Waals surface area contributed by atoms with Crippen molar-refractivity contribution in [2.45, 2.75) is 31.7 Å². The van der Waals surface area contributed by atoms with Gasteiger partial charge >= 0.3 is 0 Å². The third kappa shape index (κ3) is 3.24. The number of hydrogen-bond donors (Lipinski definition) is 0. The SMILES string of the molecule is O=C(c1ccc(F)c(Cl)c1)N1C[C@@H]2CC[C@H](C1)N(CC1CC1)C2. The Balaban J connectivity index is 1.50. The summed E-state index contributed by atoms with van der Waals surface area (Å²) < 4.78 is 13.3. The van der Waals surface area contributed by atoms with Crippen molar-refractivity contribution in [1.82, 2.24) is 9.80 Å². The Kier molecular flexibility index (Phi) is 4.06. The minimum Gasteiger partial charge on any atom is -0.337 e. The molecule has 0 spiro atoms. The summed E-state index contributed by atoms with van der Waals surface area (Å²) in [6, 6.07) is 4.75. The number of fused-ring (bicyclic) bond motifs is 4. The van der Waals surface area contributed by atoms with Crippen LogP contribution in [0.2, 0.25) is 5.02 Å². The van der Waals surface area contributed by atoms with Crippen LogP contribution in [0.15, 0.2) is 18.2 Å². The first-order valence-electron chi connectivity index (χ1n) is 8.58. The molecule has 3 nitrogen and oxygen atoms in total. The van der Waals surface area contributed by atoms with Gasteiger partial charge in [-0.2, -0.15) is 0 Å². The lowest BCUT2D eigenvalue weighted by Crippen LogP contribution is -2.45. The van der Waals surface area contributed by atoms with E-state index in [9.17, 15) is 9.18 Å². The number of amides is 1. The fourth-order valence-electron chi connectivity index (χ4n) is 4.01. The van der Waals surface area contributed by atoms with Crippen LogP contribution in [0.1, 0.15) is 36.0 Å². The summed E-state index contributed by atoms with van der Waals surface area (Å²) in [5.41, 5.74) is 0.492. The average molecular weight is 337 g/mol. The zero-order chi connectivity index (χ0) is 16.0. The summed E-state index contributed by atoms with van der Waals surface area (Å²) in [5.74, 6) is 0.952. The summed E-state index contributed by atoms with van der Waals surface area (Å²) in [6.45, 7) is 3.92. The molecule has 1 aromatic rings. The molecule has 0 unspecified atom stereocenters. The Morgan fingerprint density at radius 3 is 2.74 bits per heavy atom. The Morgan fingerprint density at radius 1 is 1.17 bits per heavy atom. The number of hydrogen-bond acceptors (Lipinski definition) is 2. The number of piperidine rings is 1. The molecular formula is C18H22ClFN2O. The molecule has 3 heterocycles. The summed E-state index contributed by atoms with van der Waals surface area (Å²) >= 11 is 5.83. The van der Waals surface area contributed by atoms with Crippen molar-refractivity contribution in [1.29, 1.82) is 0 Å². The second-order valence-electron chi connectivity index (χ2n) is 7.33. The molecule has 3 saturated heterocycles. The molecule has 0 aromatic heterocycles. The van der Waals surface area contributed by atoms with Crippen molar-refractivity contribution in [2.24, 2.45) is 11.8 Å². The van der Waals surface area contributed by atoms with E-state index in [4.69, 9.17) is 11.6 Å². The normalized spacial score (nSPS) is 28.0. The maximum Gasteiger partial charge on any atom is 0.253 e. The minimum absolute atomic E-state index is 0.0166. The van der Waals surface area contributed by atoms with Crippen molar-refractivity contribution in [3.05, 3.63) is 34.6 Å². The molecule has 3 aliphatic heterocycles. The molecule has 2 bridgehead atoms. The molecule has 0 N–H and O–H groups in total. The van der Waals surface area contributed by atoms with Gasteiger partial charge in [-0.05, 0) is 55.7 Å². The van der Waals surface area contributed by atoms with Gasteiger partial charge < -0.3 is 4.90 Å². The van der Waals surface area contributed by atoms with E-state index in [1.165, 1.54) is 50.4 Å². The fraction of sp³-hybridized carbons (Fsp3) is 0.611. The van der Waals surface area contributed by atoms with Crippen molar-refractivity contribution < 1.29 is 9.18 Å². The van der Waals surface area contributed by atoms with Crippen molar-refractivity contribution in [2.75, 3.05) is 26.2 Å². The van der Waals surface area contributed by atoms with Crippen LogP contribution in [0.3, 0.4) is 0 Å². The molecule has 5 rings (SSSR count). The third-order valence-corrected chi connectivity index (χ3v) is 5.76. The van der Waals surface area contributed by atoms with Gasteiger partial charge in [-0.15, -0.1) is 0 Å². The van der Waals surface area contributed by atoms with Crippen LogP contribution < -0.4 is 0 Å².